The quantitative estimate of drug-likeness (QED) is 0.840. The molecule has 19 heavy (non-hydrogen) atoms. The van der Waals surface area contributed by atoms with Gasteiger partial charge in [0.2, 0.25) is 0 Å². The standard InChI is InChI=1S/C15H22N4/c1-3-19-8-4-5-13(19)11-18(2)15-7-6-12(10-16)9-14(15)17/h6-7,9,13H,3-5,8,11,17H2,1-2H3. The topological polar surface area (TPSA) is 56.3 Å². The van der Waals surface area contributed by atoms with Gasteiger partial charge in [0, 0.05) is 19.6 Å². The molecule has 4 heteroatoms. The Labute approximate surface area is 115 Å². The molecule has 0 amide bonds. The summed E-state index contributed by atoms with van der Waals surface area (Å²) in [4.78, 5) is 4.73. The minimum absolute atomic E-state index is 0.616. The summed E-state index contributed by atoms with van der Waals surface area (Å²) in [5.74, 6) is 0. The van der Waals surface area contributed by atoms with Crippen molar-refractivity contribution in [1.29, 1.82) is 5.26 Å². The molecule has 0 aromatic heterocycles. The molecule has 2 rings (SSSR count). The maximum atomic E-state index is 8.86. The van der Waals surface area contributed by atoms with Crippen molar-refractivity contribution in [1.82, 2.24) is 4.90 Å². The van der Waals surface area contributed by atoms with Gasteiger partial charge in [-0.15, -0.1) is 0 Å². The van der Waals surface area contributed by atoms with Gasteiger partial charge in [-0.3, -0.25) is 4.90 Å². The third-order valence-electron chi connectivity index (χ3n) is 3.96. The largest absolute Gasteiger partial charge is 0.397 e. The van der Waals surface area contributed by atoms with Gasteiger partial charge in [-0.2, -0.15) is 5.26 Å². The van der Waals surface area contributed by atoms with Crippen molar-refractivity contribution < 1.29 is 0 Å². The number of anilines is 2. The molecular weight excluding hydrogens is 236 g/mol. The predicted molar refractivity (Wildman–Crippen MR) is 79.1 cm³/mol. The molecule has 1 aliphatic rings. The van der Waals surface area contributed by atoms with Crippen LogP contribution in [-0.4, -0.2) is 37.6 Å². The van der Waals surface area contributed by atoms with E-state index in [1.54, 1.807) is 6.07 Å². The van der Waals surface area contributed by atoms with Crippen LogP contribution in [0.2, 0.25) is 0 Å². The van der Waals surface area contributed by atoms with Crippen LogP contribution in [0.1, 0.15) is 25.3 Å². The summed E-state index contributed by atoms with van der Waals surface area (Å²) in [6, 6.07) is 8.25. The summed E-state index contributed by atoms with van der Waals surface area (Å²) in [6.45, 7) is 5.53. The highest BCUT2D eigenvalue weighted by atomic mass is 15.2. The van der Waals surface area contributed by atoms with Crippen LogP contribution in [0, 0.1) is 11.3 Å². The summed E-state index contributed by atoms with van der Waals surface area (Å²) in [7, 11) is 2.07. The molecular formula is C15H22N4. The van der Waals surface area contributed by atoms with E-state index in [0.717, 1.165) is 18.8 Å². The van der Waals surface area contributed by atoms with E-state index < -0.39 is 0 Å². The Hall–Kier alpha value is -1.73. The van der Waals surface area contributed by atoms with Crippen LogP contribution in [0.4, 0.5) is 11.4 Å². The number of likely N-dealkylation sites (N-methyl/N-ethyl adjacent to an activating group) is 2. The Morgan fingerprint density at radius 2 is 2.32 bits per heavy atom. The third kappa shape index (κ3) is 2.99. The molecule has 102 valence electrons. The molecule has 1 unspecified atom stereocenters. The zero-order valence-electron chi connectivity index (χ0n) is 11.8. The Morgan fingerprint density at radius 1 is 1.53 bits per heavy atom. The van der Waals surface area contributed by atoms with Crippen LogP contribution >= 0.6 is 0 Å². The van der Waals surface area contributed by atoms with E-state index in [1.165, 1.54) is 19.4 Å². The number of hydrogen-bond acceptors (Lipinski definition) is 4. The zero-order valence-corrected chi connectivity index (χ0v) is 11.8. The molecule has 1 aromatic rings. The Bertz CT molecular complexity index is 478. The highest BCUT2D eigenvalue weighted by Gasteiger charge is 2.24. The van der Waals surface area contributed by atoms with Crippen molar-refractivity contribution in [2.75, 3.05) is 37.3 Å². The van der Waals surface area contributed by atoms with Gasteiger partial charge in [-0.05, 0) is 44.1 Å². The van der Waals surface area contributed by atoms with E-state index in [9.17, 15) is 0 Å². The number of nitrogen functional groups attached to an aromatic ring is 1. The molecule has 1 heterocycles. The van der Waals surface area contributed by atoms with Crippen LogP contribution in [0.3, 0.4) is 0 Å². The summed E-state index contributed by atoms with van der Waals surface area (Å²) in [5.41, 5.74) is 8.35. The first-order valence-corrected chi connectivity index (χ1v) is 6.90. The van der Waals surface area contributed by atoms with Gasteiger partial charge >= 0.3 is 0 Å². The normalized spacial score (nSPS) is 19.3. The van der Waals surface area contributed by atoms with E-state index in [-0.39, 0.29) is 0 Å². The monoisotopic (exact) mass is 258 g/mol. The van der Waals surface area contributed by atoms with Crippen LogP contribution in [0.5, 0.6) is 0 Å². The second-order valence-corrected chi connectivity index (χ2v) is 5.19. The van der Waals surface area contributed by atoms with Crippen molar-refractivity contribution in [2.24, 2.45) is 0 Å². The number of nitrogens with two attached hydrogens (primary N) is 1. The van der Waals surface area contributed by atoms with Gasteiger partial charge in [-0.1, -0.05) is 6.92 Å². The average molecular weight is 258 g/mol. The highest BCUT2D eigenvalue weighted by molar-refractivity contribution is 5.69. The average Bonchev–Trinajstić information content (AvgIpc) is 2.85. The van der Waals surface area contributed by atoms with Crippen molar-refractivity contribution in [3.63, 3.8) is 0 Å². The number of nitriles is 1. The Morgan fingerprint density at radius 3 is 2.95 bits per heavy atom. The molecule has 0 saturated carbocycles. The van der Waals surface area contributed by atoms with Gasteiger partial charge in [0.15, 0.2) is 0 Å². The second-order valence-electron chi connectivity index (χ2n) is 5.19. The Kier molecular flexibility index (Phi) is 4.28. The second kappa shape index (κ2) is 5.94. The first-order chi connectivity index (χ1) is 9.15. The lowest BCUT2D eigenvalue weighted by molar-refractivity contribution is 0.270. The molecule has 2 N–H and O–H groups in total. The summed E-state index contributed by atoms with van der Waals surface area (Å²) in [5, 5.41) is 8.86. The van der Waals surface area contributed by atoms with Crippen LogP contribution in [0.25, 0.3) is 0 Å². The summed E-state index contributed by atoms with van der Waals surface area (Å²) < 4.78 is 0. The van der Waals surface area contributed by atoms with Crippen LogP contribution in [0.15, 0.2) is 18.2 Å². The predicted octanol–water partition coefficient (Wildman–Crippen LogP) is 2.06. The zero-order chi connectivity index (χ0) is 13.8. The number of benzene rings is 1. The highest BCUT2D eigenvalue weighted by Crippen LogP contribution is 2.25. The van der Waals surface area contributed by atoms with Crippen molar-refractivity contribution >= 4 is 11.4 Å². The minimum atomic E-state index is 0.616. The maximum Gasteiger partial charge on any atom is 0.0992 e. The van der Waals surface area contributed by atoms with E-state index in [2.05, 4.69) is 29.8 Å². The van der Waals surface area contributed by atoms with E-state index >= 15 is 0 Å². The van der Waals surface area contributed by atoms with Gasteiger partial charge in [0.05, 0.1) is 23.0 Å². The SMILES string of the molecule is CCN1CCCC1CN(C)c1ccc(C#N)cc1N. The fourth-order valence-electron chi connectivity index (χ4n) is 2.90. The number of likely N-dealkylation sites (tertiary alicyclic amines) is 1. The number of rotatable bonds is 4. The number of hydrogen-bond donors (Lipinski definition) is 1. The van der Waals surface area contributed by atoms with Gasteiger partial charge < -0.3 is 10.6 Å². The van der Waals surface area contributed by atoms with Gasteiger partial charge in [-0.25, -0.2) is 0 Å². The maximum absolute atomic E-state index is 8.86. The first kappa shape index (κ1) is 13.7. The van der Waals surface area contributed by atoms with Gasteiger partial charge in [0.1, 0.15) is 0 Å². The molecule has 1 saturated heterocycles. The Balaban J connectivity index is 2.07. The third-order valence-corrected chi connectivity index (χ3v) is 3.96. The molecule has 1 atom stereocenters. The van der Waals surface area contributed by atoms with Crippen molar-refractivity contribution in [3.8, 4) is 6.07 Å². The molecule has 0 bridgehead atoms. The molecule has 0 radical (unpaired) electrons. The van der Waals surface area contributed by atoms with Crippen molar-refractivity contribution in [2.45, 2.75) is 25.8 Å². The van der Waals surface area contributed by atoms with Crippen LogP contribution < -0.4 is 10.6 Å². The molecule has 0 spiro atoms. The first-order valence-electron chi connectivity index (χ1n) is 6.90. The fourth-order valence-corrected chi connectivity index (χ4v) is 2.90. The van der Waals surface area contributed by atoms with E-state index in [0.29, 0.717) is 17.3 Å². The summed E-state index contributed by atoms with van der Waals surface area (Å²) in [6.07, 6.45) is 2.55. The molecule has 1 fully saturated rings. The lowest BCUT2D eigenvalue weighted by Crippen LogP contribution is -2.38. The van der Waals surface area contributed by atoms with E-state index in [4.69, 9.17) is 11.0 Å². The molecule has 1 aliphatic heterocycles. The smallest absolute Gasteiger partial charge is 0.0992 e. The summed E-state index contributed by atoms with van der Waals surface area (Å²) >= 11 is 0. The minimum Gasteiger partial charge on any atom is -0.397 e. The van der Waals surface area contributed by atoms with E-state index in [1.807, 2.05) is 12.1 Å². The fraction of sp³-hybridized carbons (Fsp3) is 0.533. The van der Waals surface area contributed by atoms with Gasteiger partial charge in [0.25, 0.3) is 0 Å². The van der Waals surface area contributed by atoms with Crippen LogP contribution in [-0.2, 0) is 0 Å². The van der Waals surface area contributed by atoms with Crippen molar-refractivity contribution in [3.05, 3.63) is 23.8 Å². The lowest BCUT2D eigenvalue weighted by atomic mass is 10.1. The number of nitrogens with zero attached hydrogens (tertiary/aromatic N) is 3. The molecule has 4 nitrogen and oxygen atoms in total. The molecule has 1 aromatic carbocycles. The molecule has 0 aliphatic carbocycles. The lowest BCUT2D eigenvalue weighted by Gasteiger charge is -2.29.